The van der Waals surface area contributed by atoms with Gasteiger partial charge in [-0.1, -0.05) is 34.5 Å². The molecule has 140 valence electrons. The molecule has 0 aliphatic carbocycles. The predicted octanol–water partition coefficient (Wildman–Crippen LogP) is 3.48. The molecule has 0 bridgehead atoms. The van der Waals surface area contributed by atoms with E-state index in [1.54, 1.807) is 30.3 Å². The second kappa shape index (κ2) is 7.18. The van der Waals surface area contributed by atoms with E-state index < -0.39 is 5.56 Å². The Hall–Kier alpha value is -3.03. The fraction of sp³-hybridized carbons (Fsp3) is 0.105. The lowest BCUT2D eigenvalue weighted by Gasteiger charge is -2.06. The number of aromatic nitrogens is 5. The number of hydrogen-bond donors (Lipinski definition) is 0. The quantitative estimate of drug-likeness (QED) is 0.478. The van der Waals surface area contributed by atoms with Crippen molar-refractivity contribution in [1.82, 2.24) is 24.5 Å². The van der Waals surface area contributed by atoms with Crippen molar-refractivity contribution < 1.29 is 4.79 Å². The maximum Gasteiger partial charge on any atom is 0.283 e. The highest BCUT2D eigenvalue weighted by Gasteiger charge is 2.16. The molecule has 0 atom stereocenters. The minimum atomic E-state index is -0.447. The zero-order valence-corrected chi connectivity index (χ0v) is 16.1. The van der Waals surface area contributed by atoms with Crippen LogP contribution in [0.15, 0.2) is 53.6 Å². The molecule has 0 spiro atoms. The highest BCUT2D eigenvalue weighted by Crippen LogP contribution is 2.20. The van der Waals surface area contributed by atoms with Crippen molar-refractivity contribution in [2.45, 2.75) is 13.5 Å². The number of fused-ring (bicyclic) bond motifs is 1. The molecule has 9 heteroatoms. The molecule has 0 radical (unpaired) electrons. The van der Waals surface area contributed by atoms with Crippen LogP contribution >= 0.6 is 23.2 Å². The van der Waals surface area contributed by atoms with E-state index in [-0.39, 0.29) is 17.8 Å². The Morgan fingerprint density at radius 2 is 1.86 bits per heavy atom. The van der Waals surface area contributed by atoms with E-state index in [1.807, 2.05) is 19.1 Å². The maximum absolute atomic E-state index is 12.7. The second-order valence-corrected chi connectivity index (χ2v) is 7.06. The molecule has 28 heavy (non-hydrogen) atoms. The summed E-state index contributed by atoms with van der Waals surface area (Å²) >= 11 is 12.0. The number of nitrogens with zero attached hydrogens (tertiary/aromatic N) is 5. The first-order valence-corrected chi connectivity index (χ1v) is 9.06. The SMILES string of the molecule is Cc1ccc(-n2nnc3c(=O)n(CC(=O)c4ccc(Cl)cc4)cnc32)cc1Cl. The molecule has 0 aliphatic heterocycles. The van der Waals surface area contributed by atoms with Gasteiger partial charge < -0.3 is 0 Å². The van der Waals surface area contributed by atoms with Gasteiger partial charge in [0.2, 0.25) is 0 Å². The molecule has 4 rings (SSSR count). The van der Waals surface area contributed by atoms with Gasteiger partial charge in [-0.3, -0.25) is 14.2 Å². The van der Waals surface area contributed by atoms with Gasteiger partial charge in [0.25, 0.3) is 5.56 Å². The number of carbonyl (C=O) groups is 1. The zero-order chi connectivity index (χ0) is 19.8. The summed E-state index contributed by atoms with van der Waals surface area (Å²) in [4.78, 5) is 29.4. The number of rotatable bonds is 4. The van der Waals surface area contributed by atoms with Crippen LogP contribution in [0, 0.1) is 6.92 Å². The molecule has 0 unspecified atom stereocenters. The van der Waals surface area contributed by atoms with Crippen LogP contribution < -0.4 is 5.56 Å². The number of benzene rings is 2. The Balaban J connectivity index is 1.70. The van der Waals surface area contributed by atoms with Gasteiger partial charge in [-0.05, 0) is 48.9 Å². The minimum absolute atomic E-state index is 0.0723. The lowest BCUT2D eigenvalue weighted by Crippen LogP contribution is -2.25. The summed E-state index contributed by atoms with van der Waals surface area (Å²) in [5, 5.41) is 9.07. The number of carbonyl (C=O) groups excluding carboxylic acids is 1. The van der Waals surface area contributed by atoms with Crippen molar-refractivity contribution in [1.29, 1.82) is 0 Å². The van der Waals surface area contributed by atoms with Crippen molar-refractivity contribution in [3.05, 3.63) is 80.3 Å². The highest BCUT2D eigenvalue weighted by molar-refractivity contribution is 6.31. The Morgan fingerprint density at radius 1 is 1.11 bits per heavy atom. The minimum Gasteiger partial charge on any atom is -0.292 e. The van der Waals surface area contributed by atoms with Crippen LogP contribution in [0.25, 0.3) is 16.9 Å². The van der Waals surface area contributed by atoms with Crippen molar-refractivity contribution in [3.63, 3.8) is 0 Å². The van der Waals surface area contributed by atoms with Gasteiger partial charge in [0, 0.05) is 15.6 Å². The molecule has 2 aromatic carbocycles. The molecular weight excluding hydrogens is 401 g/mol. The number of ketones is 1. The average Bonchev–Trinajstić information content (AvgIpc) is 3.11. The number of Topliss-reactive ketones (excluding diaryl/α,β-unsaturated/α-hetero) is 1. The molecule has 0 fully saturated rings. The van der Waals surface area contributed by atoms with E-state index in [1.165, 1.54) is 15.6 Å². The molecule has 0 saturated heterocycles. The van der Waals surface area contributed by atoms with Gasteiger partial charge in [0.05, 0.1) is 12.2 Å². The van der Waals surface area contributed by atoms with Gasteiger partial charge in [-0.2, -0.15) is 4.68 Å². The van der Waals surface area contributed by atoms with Crippen LogP contribution in [0.5, 0.6) is 0 Å². The summed E-state index contributed by atoms with van der Waals surface area (Å²) in [5.74, 6) is -0.238. The number of halogens is 2. The van der Waals surface area contributed by atoms with E-state index in [9.17, 15) is 9.59 Å². The van der Waals surface area contributed by atoms with E-state index in [4.69, 9.17) is 23.2 Å². The van der Waals surface area contributed by atoms with Crippen LogP contribution in [-0.2, 0) is 6.54 Å². The molecule has 0 amide bonds. The number of hydrogen-bond acceptors (Lipinski definition) is 5. The Labute approximate surface area is 169 Å². The van der Waals surface area contributed by atoms with E-state index >= 15 is 0 Å². The average molecular weight is 414 g/mol. The molecule has 2 heterocycles. The molecule has 0 aliphatic rings. The first kappa shape index (κ1) is 18.3. The normalized spacial score (nSPS) is 11.1. The summed E-state index contributed by atoms with van der Waals surface area (Å²) in [6.45, 7) is 1.73. The standard InChI is InChI=1S/C19H13Cl2N5O2/c1-11-2-7-14(8-15(11)21)26-18-17(23-24-26)19(28)25(10-22-18)9-16(27)12-3-5-13(20)6-4-12/h2-8,10H,9H2,1H3. The molecular formula is C19H13Cl2N5O2. The van der Waals surface area contributed by atoms with Gasteiger partial charge in [0.1, 0.15) is 6.33 Å². The monoisotopic (exact) mass is 413 g/mol. The highest BCUT2D eigenvalue weighted by atomic mass is 35.5. The summed E-state index contributed by atoms with van der Waals surface area (Å²) < 4.78 is 2.65. The van der Waals surface area contributed by atoms with Crippen LogP contribution in [0.3, 0.4) is 0 Å². The van der Waals surface area contributed by atoms with Gasteiger partial charge in [-0.25, -0.2) is 4.98 Å². The van der Waals surface area contributed by atoms with Gasteiger partial charge >= 0.3 is 0 Å². The van der Waals surface area contributed by atoms with Crippen LogP contribution in [0.4, 0.5) is 0 Å². The maximum atomic E-state index is 12.7. The fourth-order valence-corrected chi connectivity index (χ4v) is 3.03. The van der Waals surface area contributed by atoms with E-state index in [0.29, 0.717) is 26.9 Å². The Kier molecular flexibility index (Phi) is 4.70. The Morgan fingerprint density at radius 3 is 2.57 bits per heavy atom. The molecule has 2 aromatic heterocycles. The van der Waals surface area contributed by atoms with Crippen molar-refractivity contribution in [2.24, 2.45) is 0 Å². The first-order valence-electron chi connectivity index (χ1n) is 8.30. The lowest BCUT2D eigenvalue weighted by atomic mass is 10.1. The Bertz CT molecular complexity index is 1260. The predicted molar refractivity (Wildman–Crippen MR) is 106 cm³/mol. The summed E-state index contributed by atoms with van der Waals surface area (Å²) in [6.07, 6.45) is 1.31. The smallest absolute Gasteiger partial charge is 0.283 e. The van der Waals surface area contributed by atoms with E-state index in [2.05, 4.69) is 15.3 Å². The van der Waals surface area contributed by atoms with Crippen LogP contribution in [0.1, 0.15) is 15.9 Å². The molecule has 7 nitrogen and oxygen atoms in total. The van der Waals surface area contributed by atoms with Crippen molar-refractivity contribution >= 4 is 40.1 Å². The third kappa shape index (κ3) is 3.30. The summed E-state index contributed by atoms with van der Waals surface area (Å²) in [5.41, 5.74) is 1.93. The summed E-state index contributed by atoms with van der Waals surface area (Å²) in [7, 11) is 0. The molecule has 0 saturated carbocycles. The fourth-order valence-electron chi connectivity index (χ4n) is 2.73. The first-order chi connectivity index (χ1) is 13.4. The third-order valence-corrected chi connectivity index (χ3v) is 4.97. The summed E-state index contributed by atoms with van der Waals surface area (Å²) in [6, 6.07) is 11.8. The lowest BCUT2D eigenvalue weighted by molar-refractivity contribution is 0.0970. The van der Waals surface area contributed by atoms with Gasteiger partial charge in [-0.15, -0.1) is 5.10 Å². The third-order valence-electron chi connectivity index (χ3n) is 4.31. The number of aryl methyl sites for hydroxylation is 1. The molecule has 4 aromatic rings. The largest absolute Gasteiger partial charge is 0.292 e. The molecule has 0 N–H and O–H groups in total. The van der Waals surface area contributed by atoms with Crippen molar-refractivity contribution in [2.75, 3.05) is 0 Å². The van der Waals surface area contributed by atoms with Crippen LogP contribution in [0.2, 0.25) is 10.0 Å². The van der Waals surface area contributed by atoms with E-state index in [0.717, 1.165) is 5.56 Å². The van der Waals surface area contributed by atoms with Crippen molar-refractivity contribution in [3.8, 4) is 5.69 Å². The zero-order valence-electron chi connectivity index (χ0n) is 14.6. The van der Waals surface area contributed by atoms with Gasteiger partial charge in [0.15, 0.2) is 16.9 Å². The topological polar surface area (TPSA) is 82.7 Å². The van der Waals surface area contributed by atoms with Crippen LogP contribution in [-0.4, -0.2) is 30.3 Å². The second-order valence-electron chi connectivity index (χ2n) is 6.21.